The Balaban J connectivity index is 2.42. The molecule has 0 aromatic heterocycles. The predicted molar refractivity (Wildman–Crippen MR) is 72.3 cm³/mol. The van der Waals surface area contributed by atoms with Crippen LogP contribution < -0.4 is 5.32 Å². The quantitative estimate of drug-likeness (QED) is 0.767. The number of hydrogen-bond donors (Lipinski definition) is 1. The van der Waals surface area contributed by atoms with Crippen LogP contribution >= 0.6 is 0 Å². The summed E-state index contributed by atoms with van der Waals surface area (Å²) in [5.74, 6) is 0. The molecule has 1 aliphatic rings. The SMILES string of the molecule is CCCC1CN(CCCC(F)(F)F)C(CCC)CN1. The van der Waals surface area contributed by atoms with Crippen molar-refractivity contribution in [3.05, 3.63) is 0 Å². The monoisotopic (exact) mass is 280 g/mol. The molecule has 1 saturated heterocycles. The van der Waals surface area contributed by atoms with Gasteiger partial charge in [0.15, 0.2) is 0 Å². The summed E-state index contributed by atoms with van der Waals surface area (Å²) >= 11 is 0. The van der Waals surface area contributed by atoms with Gasteiger partial charge in [-0.05, 0) is 25.8 Å². The Morgan fingerprint density at radius 2 is 1.84 bits per heavy atom. The van der Waals surface area contributed by atoms with Gasteiger partial charge in [-0.25, -0.2) is 0 Å². The lowest BCUT2D eigenvalue weighted by Gasteiger charge is -2.40. The maximum atomic E-state index is 12.2. The molecule has 2 atom stereocenters. The van der Waals surface area contributed by atoms with E-state index in [1.807, 2.05) is 0 Å². The highest BCUT2D eigenvalue weighted by atomic mass is 19.4. The Morgan fingerprint density at radius 1 is 1.16 bits per heavy atom. The molecule has 0 aromatic carbocycles. The molecule has 1 rings (SSSR count). The number of nitrogens with one attached hydrogen (secondary N) is 1. The lowest BCUT2D eigenvalue weighted by Crippen LogP contribution is -2.56. The van der Waals surface area contributed by atoms with E-state index in [1.54, 1.807) is 0 Å². The van der Waals surface area contributed by atoms with Gasteiger partial charge in [0.1, 0.15) is 0 Å². The van der Waals surface area contributed by atoms with Crippen molar-refractivity contribution in [2.75, 3.05) is 19.6 Å². The average molecular weight is 280 g/mol. The maximum Gasteiger partial charge on any atom is 0.389 e. The fraction of sp³-hybridized carbons (Fsp3) is 1.00. The van der Waals surface area contributed by atoms with Crippen molar-refractivity contribution in [1.29, 1.82) is 0 Å². The number of nitrogens with zero attached hydrogens (tertiary/aromatic N) is 1. The van der Waals surface area contributed by atoms with Gasteiger partial charge in [-0.2, -0.15) is 13.2 Å². The van der Waals surface area contributed by atoms with Gasteiger partial charge in [-0.1, -0.05) is 26.7 Å². The fourth-order valence-corrected chi connectivity index (χ4v) is 2.84. The first-order valence-electron chi connectivity index (χ1n) is 7.50. The standard InChI is InChI=1S/C14H27F3N2/c1-3-6-12-11-19(9-5-8-14(15,16)17)13(7-4-2)10-18-12/h12-13,18H,3-11H2,1-2H3. The van der Waals surface area contributed by atoms with Crippen LogP contribution in [0.3, 0.4) is 0 Å². The average Bonchev–Trinajstić information content (AvgIpc) is 2.31. The third kappa shape index (κ3) is 6.61. The second-order valence-corrected chi connectivity index (χ2v) is 5.55. The maximum absolute atomic E-state index is 12.2. The number of rotatable bonds is 7. The summed E-state index contributed by atoms with van der Waals surface area (Å²) in [6, 6.07) is 0.857. The van der Waals surface area contributed by atoms with E-state index in [0.717, 1.165) is 38.8 Å². The molecule has 114 valence electrons. The van der Waals surface area contributed by atoms with Crippen LogP contribution in [-0.2, 0) is 0 Å². The van der Waals surface area contributed by atoms with Crippen LogP contribution in [0.15, 0.2) is 0 Å². The first-order chi connectivity index (χ1) is 8.96. The number of piperazine rings is 1. The van der Waals surface area contributed by atoms with E-state index < -0.39 is 12.6 Å². The lowest BCUT2D eigenvalue weighted by atomic mass is 10.0. The van der Waals surface area contributed by atoms with E-state index in [2.05, 4.69) is 24.1 Å². The van der Waals surface area contributed by atoms with Crippen molar-refractivity contribution in [1.82, 2.24) is 10.2 Å². The van der Waals surface area contributed by atoms with Crippen LogP contribution in [0.1, 0.15) is 52.4 Å². The van der Waals surface area contributed by atoms with Crippen molar-refractivity contribution in [3.63, 3.8) is 0 Å². The zero-order valence-corrected chi connectivity index (χ0v) is 12.1. The van der Waals surface area contributed by atoms with Crippen LogP contribution in [0, 0.1) is 0 Å². The summed E-state index contributed by atoms with van der Waals surface area (Å²) in [5.41, 5.74) is 0. The molecular weight excluding hydrogens is 253 g/mol. The Labute approximate surface area is 114 Å². The van der Waals surface area contributed by atoms with Gasteiger partial charge in [0.05, 0.1) is 0 Å². The van der Waals surface area contributed by atoms with Gasteiger partial charge in [-0.3, -0.25) is 4.90 Å². The lowest BCUT2D eigenvalue weighted by molar-refractivity contribution is -0.136. The van der Waals surface area contributed by atoms with Crippen molar-refractivity contribution in [2.45, 2.75) is 70.6 Å². The predicted octanol–water partition coefficient (Wildman–Crippen LogP) is 3.57. The summed E-state index contributed by atoms with van der Waals surface area (Å²) in [5, 5.41) is 3.53. The second-order valence-electron chi connectivity index (χ2n) is 5.55. The molecule has 0 aliphatic carbocycles. The van der Waals surface area contributed by atoms with Crippen molar-refractivity contribution in [3.8, 4) is 0 Å². The molecule has 0 spiro atoms. The molecular formula is C14H27F3N2. The molecule has 1 aliphatic heterocycles. The van der Waals surface area contributed by atoms with Gasteiger partial charge >= 0.3 is 6.18 Å². The van der Waals surface area contributed by atoms with Crippen molar-refractivity contribution >= 4 is 0 Å². The Bertz CT molecular complexity index is 243. The van der Waals surface area contributed by atoms with E-state index in [-0.39, 0.29) is 6.42 Å². The zero-order chi connectivity index (χ0) is 14.3. The van der Waals surface area contributed by atoms with Gasteiger partial charge in [0.25, 0.3) is 0 Å². The highest BCUT2D eigenvalue weighted by molar-refractivity contribution is 4.85. The molecule has 0 radical (unpaired) electrons. The van der Waals surface area contributed by atoms with Crippen LogP contribution in [0.2, 0.25) is 0 Å². The molecule has 0 aromatic rings. The van der Waals surface area contributed by atoms with Crippen LogP contribution in [0.25, 0.3) is 0 Å². The van der Waals surface area contributed by atoms with Crippen molar-refractivity contribution < 1.29 is 13.2 Å². The van der Waals surface area contributed by atoms with Gasteiger partial charge in [0, 0.05) is 31.6 Å². The highest BCUT2D eigenvalue weighted by Crippen LogP contribution is 2.23. The van der Waals surface area contributed by atoms with Crippen LogP contribution in [0.4, 0.5) is 13.2 Å². The zero-order valence-electron chi connectivity index (χ0n) is 12.1. The molecule has 1 N–H and O–H groups in total. The summed E-state index contributed by atoms with van der Waals surface area (Å²) in [6.07, 6.45) is -0.0760. The minimum absolute atomic E-state index is 0.225. The smallest absolute Gasteiger partial charge is 0.311 e. The molecule has 2 unspecified atom stereocenters. The number of alkyl halides is 3. The normalized spacial score (nSPS) is 25.7. The van der Waals surface area contributed by atoms with Crippen molar-refractivity contribution in [2.24, 2.45) is 0 Å². The van der Waals surface area contributed by atoms with E-state index in [4.69, 9.17) is 0 Å². The first-order valence-corrected chi connectivity index (χ1v) is 7.50. The van der Waals surface area contributed by atoms with Gasteiger partial charge < -0.3 is 5.32 Å². The third-order valence-electron chi connectivity index (χ3n) is 3.78. The second kappa shape index (κ2) is 8.10. The van der Waals surface area contributed by atoms with Gasteiger partial charge in [0.2, 0.25) is 0 Å². The van der Waals surface area contributed by atoms with E-state index in [1.165, 1.54) is 0 Å². The summed E-state index contributed by atoms with van der Waals surface area (Å²) in [7, 11) is 0. The van der Waals surface area contributed by atoms with E-state index in [9.17, 15) is 13.2 Å². The molecule has 1 fully saturated rings. The Morgan fingerprint density at radius 3 is 2.42 bits per heavy atom. The minimum Gasteiger partial charge on any atom is -0.311 e. The highest BCUT2D eigenvalue weighted by Gasteiger charge is 2.29. The van der Waals surface area contributed by atoms with E-state index in [0.29, 0.717) is 18.6 Å². The Kier molecular flexibility index (Phi) is 7.15. The molecule has 0 bridgehead atoms. The molecule has 0 amide bonds. The van der Waals surface area contributed by atoms with Crippen LogP contribution in [0.5, 0.6) is 0 Å². The topological polar surface area (TPSA) is 15.3 Å². The molecule has 19 heavy (non-hydrogen) atoms. The molecule has 5 heteroatoms. The summed E-state index contributed by atoms with van der Waals surface area (Å²) < 4.78 is 36.7. The number of halogens is 3. The first kappa shape index (κ1) is 16.8. The van der Waals surface area contributed by atoms with Crippen LogP contribution in [-0.4, -0.2) is 42.8 Å². The molecule has 0 saturated carbocycles. The number of hydrogen-bond acceptors (Lipinski definition) is 2. The third-order valence-corrected chi connectivity index (χ3v) is 3.78. The molecule has 2 nitrogen and oxygen atoms in total. The van der Waals surface area contributed by atoms with Gasteiger partial charge in [-0.15, -0.1) is 0 Å². The van der Waals surface area contributed by atoms with E-state index >= 15 is 0 Å². The largest absolute Gasteiger partial charge is 0.389 e. The Hall–Kier alpha value is -0.290. The molecule has 1 heterocycles. The summed E-state index contributed by atoms with van der Waals surface area (Å²) in [4.78, 5) is 2.27. The fourth-order valence-electron chi connectivity index (χ4n) is 2.84. The minimum atomic E-state index is -4.02. The summed E-state index contributed by atoms with van der Waals surface area (Å²) in [6.45, 7) is 6.67.